The maximum absolute atomic E-state index is 12.6. The van der Waals surface area contributed by atoms with Crippen molar-refractivity contribution in [3.05, 3.63) is 60.9 Å². The van der Waals surface area contributed by atoms with Crippen LogP contribution in [0, 0.1) is 0 Å². The normalized spacial score (nSPS) is 12.1. The lowest BCUT2D eigenvalue weighted by atomic mass is 10.1. The van der Waals surface area contributed by atoms with Crippen molar-refractivity contribution in [1.29, 1.82) is 0 Å². The zero-order valence-corrected chi connectivity index (χ0v) is 13.3. The number of ether oxygens (including phenoxy) is 1. The van der Waals surface area contributed by atoms with Gasteiger partial charge in [0.2, 0.25) is 0 Å². The molecule has 3 aromatic rings. The highest BCUT2D eigenvalue weighted by atomic mass is 32.2. The second-order valence-corrected chi connectivity index (χ2v) is 6.65. The third kappa shape index (κ3) is 3.82. The van der Waals surface area contributed by atoms with Gasteiger partial charge in [0, 0.05) is 23.2 Å². The molecule has 0 bridgehead atoms. The number of aromatic nitrogens is 1. The summed E-state index contributed by atoms with van der Waals surface area (Å²) in [4.78, 5) is 3.33. The summed E-state index contributed by atoms with van der Waals surface area (Å²) in [6.07, 6.45) is -1.97. The van der Waals surface area contributed by atoms with Crippen molar-refractivity contribution < 1.29 is 26.3 Å². The van der Waals surface area contributed by atoms with E-state index in [-0.39, 0.29) is 5.69 Å². The van der Waals surface area contributed by atoms with Gasteiger partial charge < -0.3 is 4.74 Å². The van der Waals surface area contributed by atoms with E-state index in [0.29, 0.717) is 10.8 Å². The lowest BCUT2D eigenvalue weighted by Crippen LogP contribution is -2.21. The summed E-state index contributed by atoms with van der Waals surface area (Å²) in [5.41, 5.74) is 0.224. The molecule has 0 amide bonds. The number of nitrogens with one attached hydrogen (secondary N) is 1. The predicted octanol–water partition coefficient (Wildman–Crippen LogP) is 3.93. The number of anilines is 1. The van der Waals surface area contributed by atoms with Gasteiger partial charge in [-0.15, -0.1) is 13.2 Å². The number of halogens is 3. The molecule has 3 rings (SSSR count). The number of nitrogens with zero attached hydrogens (tertiary/aromatic N) is 1. The molecule has 2 aromatic carbocycles. The van der Waals surface area contributed by atoms with Gasteiger partial charge in [-0.25, -0.2) is 8.42 Å². The largest absolute Gasteiger partial charge is 0.573 e. The van der Waals surface area contributed by atoms with Gasteiger partial charge in [-0.05, 0) is 24.3 Å². The fraction of sp³-hybridized carbons (Fsp3) is 0.0625. The van der Waals surface area contributed by atoms with Gasteiger partial charge in [-0.3, -0.25) is 9.71 Å². The Labute approximate surface area is 141 Å². The second-order valence-electron chi connectivity index (χ2n) is 5.00. The molecule has 0 atom stereocenters. The molecule has 0 spiro atoms. The molecule has 25 heavy (non-hydrogen) atoms. The van der Waals surface area contributed by atoms with Gasteiger partial charge in [0.25, 0.3) is 10.0 Å². The number of para-hydroxylation sites is 1. The van der Waals surface area contributed by atoms with E-state index in [9.17, 15) is 21.6 Å². The first-order valence-electron chi connectivity index (χ1n) is 6.97. The van der Waals surface area contributed by atoms with Crippen molar-refractivity contribution in [3.63, 3.8) is 0 Å². The fourth-order valence-corrected chi connectivity index (χ4v) is 3.50. The van der Waals surface area contributed by atoms with Crippen molar-refractivity contribution >= 4 is 26.5 Å². The van der Waals surface area contributed by atoms with E-state index >= 15 is 0 Å². The maximum atomic E-state index is 12.6. The van der Waals surface area contributed by atoms with E-state index < -0.39 is 27.0 Å². The highest BCUT2D eigenvalue weighted by molar-refractivity contribution is 7.92. The molecule has 1 heterocycles. The third-order valence-corrected chi connectivity index (χ3v) is 4.69. The van der Waals surface area contributed by atoms with Gasteiger partial charge in [-0.1, -0.05) is 24.3 Å². The number of rotatable bonds is 4. The maximum Gasteiger partial charge on any atom is 0.573 e. The Morgan fingerprint density at radius 1 is 1.00 bits per heavy atom. The highest BCUT2D eigenvalue weighted by Gasteiger charge is 2.34. The number of benzene rings is 2. The van der Waals surface area contributed by atoms with Crippen LogP contribution in [0.2, 0.25) is 0 Å². The Bertz CT molecular complexity index is 1020. The van der Waals surface area contributed by atoms with Gasteiger partial charge in [0.1, 0.15) is 10.6 Å². The lowest BCUT2D eigenvalue weighted by Gasteiger charge is -2.15. The minimum absolute atomic E-state index is 0.224. The predicted molar refractivity (Wildman–Crippen MR) is 85.7 cm³/mol. The van der Waals surface area contributed by atoms with Crippen molar-refractivity contribution in [1.82, 2.24) is 4.98 Å². The van der Waals surface area contributed by atoms with Crippen LogP contribution >= 0.6 is 0 Å². The molecule has 9 heteroatoms. The molecule has 0 aliphatic rings. The minimum atomic E-state index is -5.00. The summed E-state index contributed by atoms with van der Waals surface area (Å²) in [7, 11) is -4.30. The molecule has 1 N–H and O–H groups in total. The van der Waals surface area contributed by atoms with Gasteiger partial charge in [0.05, 0.1) is 5.69 Å². The monoisotopic (exact) mass is 368 g/mol. The van der Waals surface area contributed by atoms with Gasteiger partial charge in [0.15, 0.2) is 0 Å². The van der Waals surface area contributed by atoms with E-state index in [0.717, 1.165) is 12.1 Å². The molecule has 0 aliphatic heterocycles. The van der Waals surface area contributed by atoms with E-state index in [1.54, 1.807) is 24.4 Å². The topological polar surface area (TPSA) is 68.3 Å². The zero-order valence-electron chi connectivity index (χ0n) is 12.5. The summed E-state index contributed by atoms with van der Waals surface area (Å²) in [6, 6.07) is 11.0. The van der Waals surface area contributed by atoms with Crippen molar-refractivity contribution in [2.75, 3.05) is 4.72 Å². The summed E-state index contributed by atoms with van der Waals surface area (Å²) in [6.45, 7) is 0. The standard InChI is InChI=1S/C16H11F3N2O3S/c17-16(18,19)24-14-6-1-2-7-15(14)25(22,23)21-13-5-3-4-11-10-20-9-8-12(11)13/h1-10,21H. The van der Waals surface area contributed by atoms with Crippen LogP contribution < -0.4 is 9.46 Å². The Morgan fingerprint density at radius 3 is 2.52 bits per heavy atom. The number of sulfonamides is 1. The molecular formula is C16H11F3N2O3S. The molecule has 5 nitrogen and oxygen atoms in total. The molecule has 0 saturated carbocycles. The molecule has 0 saturated heterocycles. The summed E-state index contributed by atoms with van der Waals surface area (Å²) in [5.74, 6) is -0.801. The molecule has 0 aliphatic carbocycles. The van der Waals surface area contributed by atoms with Crippen LogP contribution in [0.25, 0.3) is 10.8 Å². The number of hydrogen-bond donors (Lipinski definition) is 1. The number of alkyl halides is 3. The van der Waals surface area contributed by atoms with Crippen LogP contribution in [0.5, 0.6) is 5.75 Å². The zero-order chi connectivity index (χ0) is 18.1. The van der Waals surface area contributed by atoms with Gasteiger partial charge >= 0.3 is 6.36 Å². The quantitative estimate of drug-likeness (QED) is 0.758. The van der Waals surface area contributed by atoms with Crippen LogP contribution in [0.3, 0.4) is 0 Å². The summed E-state index contributed by atoms with van der Waals surface area (Å²) >= 11 is 0. The van der Waals surface area contributed by atoms with E-state index in [1.165, 1.54) is 24.4 Å². The SMILES string of the molecule is O=S(=O)(Nc1cccc2cnccc12)c1ccccc1OC(F)(F)F. The lowest BCUT2D eigenvalue weighted by molar-refractivity contribution is -0.275. The van der Waals surface area contributed by atoms with Crippen LogP contribution in [0.15, 0.2) is 65.8 Å². The van der Waals surface area contributed by atoms with Crippen LogP contribution in [0.1, 0.15) is 0 Å². The van der Waals surface area contributed by atoms with E-state index in [2.05, 4.69) is 14.4 Å². The summed E-state index contributed by atoms with van der Waals surface area (Å²) in [5, 5.41) is 1.25. The number of hydrogen-bond acceptors (Lipinski definition) is 4. The first kappa shape index (κ1) is 17.0. The van der Waals surface area contributed by atoms with E-state index in [1.807, 2.05) is 0 Å². The Kier molecular flexibility index (Phi) is 4.25. The average Bonchev–Trinajstić information content (AvgIpc) is 2.54. The third-order valence-electron chi connectivity index (χ3n) is 3.29. The fourth-order valence-electron chi connectivity index (χ4n) is 2.29. The molecular weight excluding hydrogens is 357 g/mol. The van der Waals surface area contributed by atoms with E-state index in [4.69, 9.17) is 0 Å². The van der Waals surface area contributed by atoms with Crippen LogP contribution in [-0.2, 0) is 10.0 Å². The Balaban J connectivity index is 2.03. The average molecular weight is 368 g/mol. The minimum Gasteiger partial charge on any atom is -0.404 e. The molecule has 0 unspecified atom stereocenters. The van der Waals surface area contributed by atoms with Crippen LogP contribution in [-0.4, -0.2) is 19.8 Å². The summed E-state index contributed by atoms with van der Waals surface area (Å²) < 4.78 is 68.8. The first-order chi connectivity index (χ1) is 11.8. The highest BCUT2D eigenvalue weighted by Crippen LogP contribution is 2.31. The van der Waals surface area contributed by atoms with Gasteiger partial charge in [-0.2, -0.15) is 0 Å². The van der Waals surface area contributed by atoms with Crippen molar-refractivity contribution in [2.45, 2.75) is 11.3 Å². The smallest absolute Gasteiger partial charge is 0.404 e. The van der Waals surface area contributed by atoms with Crippen molar-refractivity contribution in [2.24, 2.45) is 0 Å². The molecule has 130 valence electrons. The second kappa shape index (κ2) is 6.25. The first-order valence-corrected chi connectivity index (χ1v) is 8.45. The number of pyridine rings is 1. The van der Waals surface area contributed by atoms with Crippen molar-refractivity contribution in [3.8, 4) is 5.75 Å². The number of fused-ring (bicyclic) bond motifs is 1. The molecule has 1 aromatic heterocycles. The van der Waals surface area contributed by atoms with Crippen LogP contribution in [0.4, 0.5) is 18.9 Å². The molecule has 0 radical (unpaired) electrons. The molecule has 0 fully saturated rings. The Hall–Kier alpha value is -2.81. The Morgan fingerprint density at radius 2 is 1.76 bits per heavy atom.